The maximum absolute atomic E-state index is 12.9. The number of nitrogens with zero attached hydrogens (tertiary/aromatic N) is 3. The molecule has 4 N–H and O–H groups in total. The first-order valence-corrected chi connectivity index (χ1v) is 12.5. The third-order valence-corrected chi connectivity index (χ3v) is 7.71. The molecule has 0 amide bonds. The van der Waals surface area contributed by atoms with Crippen LogP contribution >= 0.6 is 15.9 Å². The molecule has 2 fully saturated rings. The monoisotopic (exact) mass is 583 g/mol. The van der Waals surface area contributed by atoms with E-state index < -0.39 is 25.2 Å². The number of aliphatic carboxylic acids is 1. The predicted octanol–water partition coefficient (Wildman–Crippen LogP) is 4.44. The summed E-state index contributed by atoms with van der Waals surface area (Å²) < 4.78 is 66.0. The van der Waals surface area contributed by atoms with Crippen LogP contribution in [0.3, 0.4) is 0 Å². The van der Waals surface area contributed by atoms with Crippen LogP contribution in [0.2, 0.25) is 0 Å². The second-order valence-electron chi connectivity index (χ2n) is 9.51. The summed E-state index contributed by atoms with van der Waals surface area (Å²) in [7, 11) is 0. The molecule has 2 aromatic rings. The van der Waals surface area contributed by atoms with Gasteiger partial charge in [0, 0.05) is 29.5 Å². The number of nitrogens with one attached hydrogen (secondary N) is 1. The van der Waals surface area contributed by atoms with Gasteiger partial charge in [0.25, 0.3) is 6.43 Å². The van der Waals surface area contributed by atoms with Crippen molar-refractivity contribution >= 4 is 33.4 Å². The summed E-state index contributed by atoms with van der Waals surface area (Å²) in [6.07, 6.45) is 1.46. The lowest BCUT2D eigenvalue weighted by Gasteiger charge is -2.31. The maximum atomic E-state index is 12.9. The molecule has 0 aliphatic heterocycles. The first kappa shape index (κ1) is 27.0. The molecular formula is C22H27BrF5N5O3. The van der Waals surface area contributed by atoms with Crippen LogP contribution in [0.25, 0.3) is 5.65 Å². The molecule has 1 spiro atoms. The van der Waals surface area contributed by atoms with Crippen LogP contribution in [0.4, 0.5) is 27.8 Å². The van der Waals surface area contributed by atoms with Gasteiger partial charge in [0.15, 0.2) is 5.65 Å². The second-order valence-corrected chi connectivity index (χ2v) is 10.4. The SMILES string of the molecule is N[C@H]1CC[C@H](Nc2c3c(nc4c(Br)cnn24)C2(CCCC2)C(OCC(F)F)C3)C1.O=C(O)C(F)(F)F. The predicted molar refractivity (Wildman–Crippen MR) is 123 cm³/mol. The van der Waals surface area contributed by atoms with Crippen molar-refractivity contribution in [3.05, 3.63) is 21.9 Å². The van der Waals surface area contributed by atoms with E-state index in [1.807, 2.05) is 4.52 Å². The number of hydrogen-bond acceptors (Lipinski definition) is 6. The van der Waals surface area contributed by atoms with E-state index in [-0.39, 0.29) is 23.6 Å². The number of aromatic nitrogens is 3. The van der Waals surface area contributed by atoms with E-state index in [0.717, 1.165) is 72.1 Å². The topological polar surface area (TPSA) is 115 Å². The van der Waals surface area contributed by atoms with Crippen LogP contribution in [0.15, 0.2) is 10.7 Å². The summed E-state index contributed by atoms with van der Waals surface area (Å²) in [5.74, 6) is -1.84. The molecule has 1 unspecified atom stereocenters. The van der Waals surface area contributed by atoms with Crippen LogP contribution in [-0.2, 0) is 21.4 Å². The summed E-state index contributed by atoms with van der Waals surface area (Å²) in [6.45, 7) is -0.526. The molecule has 5 rings (SSSR count). The molecule has 3 atom stereocenters. The Balaban J connectivity index is 0.000000384. The highest BCUT2D eigenvalue weighted by atomic mass is 79.9. The molecule has 2 heterocycles. The molecule has 3 aliphatic rings. The van der Waals surface area contributed by atoms with Gasteiger partial charge in [-0.25, -0.2) is 18.6 Å². The van der Waals surface area contributed by atoms with Crippen molar-refractivity contribution in [3.63, 3.8) is 0 Å². The number of carbonyl (C=O) groups is 1. The first-order valence-electron chi connectivity index (χ1n) is 11.7. The smallest absolute Gasteiger partial charge is 0.475 e. The number of nitrogens with two attached hydrogens (primary N) is 1. The molecule has 0 radical (unpaired) electrons. The lowest BCUT2D eigenvalue weighted by molar-refractivity contribution is -0.192. The molecule has 3 aliphatic carbocycles. The standard InChI is InChI=1S/C20H26BrF2N5O.C2HF3O2/c21-14-9-25-28-18(26-12-4-3-11(24)7-12)13-8-15(29-10-16(22)23)20(5-1-2-6-20)17(13)27-19(14)28;3-2(4,5)1(6)7/h9,11-12,15-16,26H,1-8,10,24H2;(H,6,7)/t11-,12-,15?;/m0./s1. The number of ether oxygens (including phenoxy) is 1. The fourth-order valence-corrected chi connectivity index (χ4v) is 5.95. The van der Waals surface area contributed by atoms with E-state index in [0.29, 0.717) is 6.42 Å². The molecule has 0 bridgehead atoms. The van der Waals surface area contributed by atoms with Crippen LogP contribution in [0.5, 0.6) is 0 Å². The normalized spacial score (nSPS) is 24.8. The maximum Gasteiger partial charge on any atom is 0.490 e. The number of carboxylic acids is 1. The number of anilines is 1. The summed E-state index contributed by atoms with van der Waals surface area (Å²) in [4.78, 5) is 13.9. The number of alkyl halides is 5. The Morgan fingerprint density at radius 2 is 2.00 bits per heavy atom. The van der Waals surface area contributed by atoms with Gasteiger partial charge in [0.05, 0.1) is 22.5 Å². The second kappa shape index (κ2) is 10.4. The highest BCUT2D eigenvalue weighted by Crippen LogP contribution is 2.52. The van der Waals surface area contributed by atoms with E-state index in [1.54, 1.807) is 6.20 Å². The van der Waals surface area contributed by atoms with Crippen molar-refractivity contribution in [1.82, 2.24) is 14.6 Å². The highest BCUT2D eigenvalue weighted by molar-refractivity contribution is 9.10. The van der Waals surface area contributed by atoms with Gasteiger partial charge in [-0.15, -0.1) is 0 Å². The third kappa shape index (κ3) is 5.30. The minimum Gasteiger partial charge on any atom is -0.475 e. The van der Waals surface area contributed by atoms with E-state index in [2.05, 4.69) is 26.3 Å². The Hall–Kier alpha value is -2.06. The number of hydrogen-bond donors (Lipinski definition) is 3. The minimum absolute atomic E-state index is 0.213. The molecular weight excluding hydrogens is 557 g/mol. The summed E-state index contributed by atoms with van der Waals surface area (Å²) in [5, 5.41) is 15.3. The van der Waals surface area contributed by atoms with Gasteiger partial charge < -0.3 is 20.9 Å². The van der Waals surface area contributed by atoms with Crippen molar-refractivity contribution in [2.24, 2.45) is 5.73 Å². The highest BCUT2D eigenvalue weighted by Gasteiger charge is 2.52. The van der Waals surface area contributed by atoms with E-state index in [1.165, 1.54) is 0 Å². The third-order valence-electron chi connectivity index (χ3n) is 7.16. The Labute approximate surface area is 211 Å². The van der Waals surface area contributed by atoms with Gasteiger partial charge in [-0.1, -0.05) is 12.8 Å². The summed E-state index contributed by atoms with van der Waals surface area (Å²) in [5.41, 5.74) is 8.67. The van der Waals surface area contributed by atoms with Crippen molar-refractivity contribution in [2.75, 3.05) is 11.9 Å². The Morgan fingerprint density at radius 3 is 2.56 bits per heavy atom. The molecule has 2 saturated carbocycles. The molecule has 2 aromatic heterocycles. The molecule has 14 heteroatoms. The average molecular weight is 584 g/mol. The van der Waals surface area contributed by atoms with Gasteiger partial charge in [-0.3, -0.25) is 0 Å². The average Bonchev–Trinajstić information content (AvgIpc) is 3.57. The Kier molecular flexibility index (Phi) is 7.77. The number of fused-ring (bicyclic) bond motifs is 3. The fourth-order valence-electron chi connectivity index (χ4n) is 5.60. The number of halogens is 6. The van der Waals surface area contributed by atoms with Gasteiger partial charge in [0.1, 0.15) is 12.4 Å². The first-order chi connectivity index (χ1) is 16.9. The van der Waals surface area contributed by atoms with Crippen LogP contribution < -0.4 is 11.1 Å². The molecule has 8 nitrogen and oxygen atoms in total. The van der Waals surface area contributed by atoms with E-state index in [9.17, 15) is 22.0 Å². The van der Waals surface area contributed by atoms with Gasteiger partial charge >= 0.3 is 12.1 Å². The van der Waals surface area contributed by atoms with Gasteiger partial charge in [-0.2, -0.15) is 22.8 Å². The molecule has 36 heavy (non-hydrogen) atoms. The quantitative estimate of drug-likeness (QED) is 0.446. The number of carboxylic acid groups (broad SMARTS) is 1. The summed E-state index contributed by atoms with van der Waals surface area (Å²) >= 11 is 3.57. The van der Waals surface area contributed by atoms with Gasteiger partial charge in [-0.05, 0) is 48.0 Å². The van der Waals surface area contributed by atoms with Crippen molar-refractivity contribution in [2.45, 2.75) is 87.6 Å². The zero-order chi connectivity index (χ0) is 26.3. The van der Waals surface area contributed by atoms with Crippen molar-refractivity contribution in [1.29, 1.82) is 0 Å². The fraction of sp³-hybridized carbons (Fsp3) is 0.682. The molecule has 0 aromatic carbocycles. The lowest BCUT2D eigenvalue weighted by Crippen LogP contribution is -2.37. The van der Waals surface area contributed by atoms with Crippen molar-refractivity contribution < 1.29 is 36.6 Å². The minimum atomic E-state index is -5.08. The van der Waals surface area contributed by atoms with E-state index >= 15 is 0 Å². The van der Waals surface area contributed by atoms with E-state index in [4.69, 9.17) is 25.4 Å². The van der Waals surface area contributed by atoms with Gasteiger partial charge in [0.2, 0.25) is 0 Å². The van der Waals surface area contributed by atoms with Crippen LogP contribution in [0, 0.1) is 0 Å². The zero-order valence-electron chi connectivity index (χ0n) is 19.2. The summed E-state index contributed by atoms with van der Waals surface area (Å²) in [6, 6.07) is 0.494. The lowest BCUT2D eigenvalue weighted by atomic mass is 9.81. The Bertz CT molecular complexity index is 1110. The largest absolute Gasteiger partial charge is 0.490 e. The van der Waals surface area contributed by atoms with Crippen LogP contribution in [0.1, 0.15) is 56.2 Å². The Morgan fingerprint density at radius 1 is 1.33 bits per heavy atom. The van der Waals surface area contributed by atoms with Crippen molar-refractivity contribution in [3.8, 4) is 0 Å². The number of rotatable bonds is 5. The van der Waals surface area contributed by atoms with Crippen LogP contribution in [-0.4, -0.2) is 63.1 Å². The molecule has 0 saturated heterocycles. The zero-order valence-corrected chi connectivity index (χ0v) is 20.8. The molecule has 200 valence electrons.